The summed E-state index contributed by atoms with van der Waals surface area (Å²) in [6.45, 7) is 6.08. The zero-order valence-electron chi connectivity index (χ0n) is 13.5. The SMILES string of the molecule is Cc1cc(CN2CCC(C3(C)NC(=O)NC3=O)CC2)ccc1F. The van der Waals surface area contributed by atoms with Crippen LogP contribution in [-0.4, -0.2) is 35.5 Å². The Morgan fingerprint density at radius 1 is 1.30 bits per heavy atom. The van der Waals surface area contributed by atoms with Crippen LogP contribution in [0.1, 0.15) is 30.9 Å². The van der Waals surface area contributed by atoms with E-state index in [1.807, 2.05) is 12.1 Å². The van der Waals surface area contributed by atoms with Crippen molar-refractivity contribution in [3.05, 3.63) is 35.1 Å². The van der Waals surface area contributed by atoms with E-state index >= 15 is 0 Å². The number of urea groups is 1. The van der Waals surface area contributed by atoms with Gasteiger partial charge < -0.3 is 5.32 Å². The minimum absolute atomic E-state index is 0.139. The summed E-state index contributed by atoms with van der Waals surface area (Å²) in [7, 11) is 0. The molecule has 0 bridgehead atoms. The van der Waals surface area contributed by atoms with Gasteiger partial charge in [-0.05, 0) is 62.9 Å². The third kappa shape index (κ3) is 3.08. The Hall–Kier alpha value is -1.95. The van der Waals surface area contributed by atoms with Gasteiger partial charge in [0.15, 0.2) is 0 Å². The average molecular weight is 319 g/mol. The van der Waals surface area contributed by atoms with Gasteiger partial charge in [-0.25, -0.2) is 9.18 Å². The molecule has 0 saturated carbocycles. The lowest BCUT2D eigenvalue weighted by molar-refractivity contribution is -0.125. The number of hydrogen-bond donors (Lipinski definition) is 2. The molecule has 124 valence electrons. The molecule has 2 heterocycles. The Kier molecular flexibility index (Phi) is 4.10. The summed E-state index contributed by atoms with van der Waals surface area (Å²) in [6.07, 6.45) is 1.70. The van der Waals surface area contributed by atoms with E-state index in [9.17, 15) is 14.0 Å². The summed E-state index contributed by atoms with van der Waals surface area (Å²) in [5, 5.41) is 5.10. The molecule has 0 aromatic heterocycles. The predicted molar refractivity (Wildman–Crippen MR) is 84.2 cm³/mol. The van der Waals surface area contributed by atoms with E-state index in [2.05, 4.69) is 15.5 Å². The Balaban J connectivity index is 1.59. The highest BCUT2D eigenvalue weighted by molar-refractivity contribution is 6.06. The van der Waals surface area contributed by atoms with Crippen molar-refractivity contribution < 1.29 is 14.0 Å². The van der Waals surface area contributed by atoms with Gasteiger partial charge in [-0.15, -0.1) is 0 Å². The summed E-state index contributed by atoms with van der Waals surface area (Å²) in [5.74, 6) is -0.265. The molecular weight excluding hydrogens is 297 g/mol. The molecule has 2 fully saturated rings. The molecule has 1 aromatic rings. The molecule has 0 aliphatic carbocycles. The van der Waals surface area contributed by atoms with Crippen LogP contribution in [0, 0.1) is 18.7 Å². The number of aryl methyl sites for hydroxylation is 1. The molecule has 2 saturated heterocycles. The van der Waals surface area contributed by atoms with E-state index in [1.54, 1.807) is 13.8 Å². The number of benzene rings is 1. The van der Waals surface area contributed by atoms with Crippen LogP contribution in [0.3, 0.4) is 0 Å². The van der Waals surface area contributed by atoms with Gasteiger partial charge in [-0.3, -0.25) is 15.0 Å². The molecule has 3 rings (SSSR count). The van der Waals surface area contributed by atoms with Gasteiger partial charge in [0.2, 0.25) is 0 Å². The van der Waals surface area contributed by atoms with Crippen molar-refractivity contribution in [2.24, 2.45) is 5.92 Å². The van der Waals surface area contributed by atoms with Crippen LogP contribution in [0.25, 0.3) is 0 Å². The maximum Gasteiger partial charge on any atom is 0.322 e. The second-order valence-electron chi connectivity index (χ2n) is 6.74. The van der Waals surface area contributed by atoms with E-state index in [-0.39, 0.29) is 17.6 Å². The highest BCUT2D eigenvalue weighted by Gasteiger charge is 2.48. The average Bonchev–Trinajstić information content (AvgIpc) is 2.77. The zero-order chi connectivity index (χ0) is 16.6. The molecule has 1 atom stereocenters. The molecule has 0 spiro atoms. The number of carbonyl (C=O) groups excluding carboxylic acids is 2. The molecular formula is C17H22FN3O2. The van der Waals surface area contributed by atoms with Gasteiger partial charge in [0.1, 0.15) is 11.4 Å². The van der Waals surface area contributed by atoms with E-state index in [1.165, 1.54) is 6.07 Å². The number of carbonyl (C=O) groups is 2. The van der Waals surface area contributed by atoms with Crippen molar-refractivity contribution in [2.75, 3.05) is 13.1 Å². The van der Waals surface area contributed by atoms with E-state index in [0.717, 1.165) is 38.0 Å². The van der Waals surface area contributed by atoms with Gasteiger partial charge >= 0.3 is 6.03 Å². The van der Waals surface area contributed by atoms with Gasteiger partial charge in [0, 0.05) is 6.54 Å². The summed E-state index contributed by atoms with van der Waals surface area (Å²) in [6, 6.07) is 4.81. The molecule has 0 radical (unpaired) electrons. The first-order valence-corrected chi connectivity index (χ1v) is 7.99. The van der Waals surface area contributed by atoms with Gasteiger partial charge in [0.25, 0.3) is 5.91 Å². The summed E-state index contributed by atoms with van der Waals surface area (Å²) in [4.78, 5) is 25.7. The van der Waals surface area contributed by atoms with Gasteiger partial charge in [-0.1, -0.05) is 12.1 Å². The van der Waals surface area contributed by atoms with E-state index in [0.29, 0.717) is 5.56 Å². The Bertz CT molecular complexity index is 641. The summed E-state index contributed by atoms with van der Waals surface area (Å²) < 4.78 is 13.3. The fourth-order valence-electron chi connectivity index (χ4n) is 3.58. The second kappa shape index (κ2) is 5.92. The molecule has 2 aliphatic heterocycles. The number of rotatable bonds is 3. The first kappa shape index (κ1) is 15.9. The quantitative estimate of drug-likeness (QED) is 0.837. The number of nitrogens with one attached hydrogen (secondary N) is 2. The molecule has 3 amide bonds. The number of halogens is 1. The fourth-order valence-corrected chi connectivity index (χ4v) is 3.58. The zero-order valence-corrected chi connectivity index (χ0v) is 13.5. The Morgan fingerprint density at radius 3 is 2.57 bits per heavy atom. The molecule has 6 heteroatoms. The molecule has 1 aromatic carbocycles. The first-order chi connectivity index (χ1) is 10.9. The maximum absolute atomic E-state index is 13.3. The van der Waals surface area contributed by atoms with Crippen molar-refractivity contribution in [2.45, 2.75) is 38.8 Å². The van der Waals surface area contributed by atoms with Crippen molar-refractivity contribution in [1.82, 2.24) is 15.5 Å². The predicted octanol–water partition coefficient (Wildman–Crippen LogP) is 1.94. The van der Waals surface area contributed by atoms with Crippen LogP contribution in [0.15, 0.2) is 18.2 Å². The van der Waals surface area contributed by atoms with Crippen LogP contribution in [-0.2, 0) is 11.3 Å². The highest BCUT2D eigenvalue weighted by atomic mass is 19.1. The Morgan fingerprint density at radius 2 is 2.00 bits per heavy atom. The number of amides is 3. The molecule has 2 aliphatic rings. The third-order valence-corrected chi connectivity index (χ3v) is 5.10. The highest BCUT2D eigenvalue weighted by Crippen LogP contribution is 2.31. The lowest BCUT2D eigenvalue weighted by atomic mass is 9.79. The first-order valence-electron chi connectivity index (χ1n) is 7.99. The lowest BCUT2D eigenvalue weighted by Gasteiger charge is -2.38. The monoisotopic (exact) mass is 319 g/mol. The van der Waals surface area contributed by atoms with Crippen LogP contribution < -0.4 is 10.6 Å². The molecule has 2 N–H and O–H groups in total. The smallest absolute Gasteiger partial charge is 0.322 e. The molecule has 1 unspecified atom stereocenters. The van der Waals surface area contributed by atoms with Crippen LogP contribution >= 0.6 is 0 Å². The topological polar surface area (TPSA) is 61.4 Å². The number of likely N-dealkylation sites (tertiary alicyclic amines) is 1. The van der Waals surface area contributed by atoms with Crippen LogP contribution in [0.2, 0.25) is 0 Å². The van der Waals surface area contributed by atoms with E-state index in [4.69, 9.17) is 0 Å². The second-order valence-corrected chi connectivity index (χ2v) is 6.74. The maximum atomic E-state index is 13.3. The number of hydrogen-bond acceptors (Lipinski definition) is 3. The largest absolute Gasteiger partial charge is 0.323 e. The van der Waals surface area contributed by atoms with Crippen LogP contribution in [0.5, 0.6) is 0 Å². The minimum atomic E-state index is -0.796. The standard InChI is InChI=1S/C17H22FN3O2/c1-11-9-12(3-4-14(11)18)10-21-7-5-13(6-8-21)17(2)15(22)19-16(23)20-17/h3-4,9,13H,5-8,10H2,1-2H3,(H2,19,20,22,23). The van der Waals surface area contributed by atoms with Crippen molar-refractivity contribution >= 4 is 11.9 Å². The van der Waals surface area contributed by atoms with Crippen molar-refractivity contribution in [1.29, 1.82) is 0 Å². The minimum Gasteiger partial charge on any atom is -0.323 e. The normalized spacial score (nSPS) is 26.2. The summed E-state index contributed by atoms with van der Waals surface area (Å²) >= 11 is 0. The number of nitrogens with zero attached hydrogens (tertiary/aromatic N) is 1. The van der Waals surface area contributed by atoms with Gasteiger partial charge in [-0.2, -0.15) is 0 Å². The van der Waals surface area contributed by atoms with E-state index < -0.39 is 11.6 Å². The number of imide groups is 1. The lowest BCUT2D eigenvalue weighted by Crippen LogP contribution is -2.53. The van der Waals surface area contributed by atoms with Crippen LogP contribution in [0.4, 0.5) is 9.18 Å². The molecule has 5 nitrogen and oxygen atoms in total. The molecule has 23 heavy (non-hydrogen) atoms. The van der Waals surface area contributed by atoms with Gasteiger partial charge in [0.05, 0.1) is 0 Å². The number of piperidine rings is 1. The Labute approximate surface area is 135 Å². The van der Waals surface area contributed by atoms with Crippen molar-refractivity contribution in [3.8, 4) is 0 Å². The summed E-state index contributed by atoms with van der Waals surface area (Å²) in [5.41, 5.74) is 0.964. The fraction of sp³-hybridized carbons (Fsp3) is 0.529. The van der Waals surface area contributed by atoms with Crippen molar-refractivity contribution in [3.63, 3.8) is 0 Å². The third-order valence-electron chi connectivity index (χ3n) is 5.10.